The van der Waals surface area contributed by atoms with Crippen LogP contribution in [0.3, 0.4) is 0 Å². The van der Waals surface area contributed by atoms with E-state index in [9.17, 15) is 19.1 Å². The summed E-state index contributed by atoms with van der Waals surface area (Å²) in [5.41, 5.74) is -1.24. The second-order valence-electron chi connectivity index (χ2n) is 6.25. The fourth-order valence-corrected chi connectivity index (χ4v) is 3.63. The van der Waals surface area contributed by atoms with Crippen LogP contribution < -0.4 is 10.3 Å². The van der Waals surface area contributed by atoms with E-state index in [1.165, 1.54) is 22.0 Å². The van der Waals surface area contributed by atoms with Gasteiger partial charge >= 0.3 is 5.97 Å². The monoisotopic (exact) mass is 415 g/mol. The van der Waals surface area contributed by atoms with Crippen molar-refractivity contribution in [3.63, 3.8) is 0 Å². The Bertz CT molecular complexity index is 1280. The highest BCUT2D eigenvalue weighted by atomic mass is 32.1. The van der Waals surface area contributed by atoms with Gasteiger partial charge in [-0.2, -0.15) is 9.17 Å². The van der Waals surface area contributed by atoms with Crippen molar-refractivity contribution in [2.75, 3.05) is 18.0 Å². The molecule has 1 N–H and O–H groups in total. The molecule has 146 valence electrons. The Kier molecular flexibility index (Phi) is 3.80. The van der Waals surface area contributed by atoms with Crippen LogP contribution in [0.4, 0.5) is 10.2 Å². The Hall–Kier alpha value is -3.81. The van der Waals surface area contributed by atoms with E-state index in [0.29, 0.717) is 18.2 Å². The molecule has 29 heavy (non-hydrogen) atoms. The van der Waals surface area contributed by atoms with Crippen LogP contribution in [0, 0.1) is 5.82 Å². The maximum absolute atomic E-state index is 14.8. The second-order valence-corrected chi connectivity index (χ2v) is 7.01. The van der Waals surface area contributed by atoms with Gasteiger partial charge in [0.25, 0.3) is 0 Å². The zero-order valence-electron chi connectivity index (χ0n) is 14.4. The molecule has 0 amide bonds. The predicted molar refractivity (Wildman–Crippen MR) is 96.8 cm³/mol. The van der Waals surface area contributed by atoms with Crippen LogP contribution in [-0.4, -0.2) is 63.3 Å². The van der Waals surface area contributed by atoms with Crippen molar-refractivity contribution in [3.8, 4) is 5.13 Å². The summed E-state index contributed by atoms with van der Waals surface area (Å²) < 4.78 is 20.0. The number of rotatable bonds is 4. The average molecular weight is 415 g/mol. The van der Waals surface area contributed by atoms with Crippen molar-refractivity contribution >= 4 is 34.4 Å². The number of fused-ring (bicyclic) bond motifs is 1. The average Bonchev–Trinajstić information content (AvgIpc) is 3.35. The lowest BCUT2D eigenvalue weighted by atomic mass is 10.1. The van der Waals surface area contributed by atoms with Gasteiger partial charge in [0, 0.05) is 30.8 Å². The molecule has 0 atom stereocenters. The number of nitrogens with zero attached hydrogens (tertiary/aromatic N) is 9. The maximum Gasteiger partial charge on any atom is 0.341 e. The fourth-order valence-electron chi connectivity index (χ4n) is 3.12. The molecule has 12 nitrogen and oxygen atoms in total. The summed E-state index contributed by atoms with van der Waals surface area (Å²) in [7, 11) is 0. The molecule has 5 heterocycles. The molecule has 0 saturated carbocycles. The van der Waals surface area contributed by atoms with E-state index in [2.05, 4.69) is 29.8 Å². The summed E-state index contributed by atoms with van der Waals surface area (Å²) in [6.45, 7) is 0.810. The third-order valence-corrected chi connectivity index (χ3v) is 5.22. The van der Waals surface area contributed by atoms with E-state index in [1.807, 2.05) is 0 Å². The molecule has 0 unspecified atom stereocenters. The van der Waals surface area contributed by atoms with Crippen molar-refractivity contribution < 1.29 is 14.3 Å². The number of aromatic carboxylic acids is 1. The third kappa shape index (κ3) is 2.72. The van der Waals surface area contributed by atoms with Gasteiger partial charge in [0.05, 0.1) is 5.39 Å². The molecular formula is C15H10FN9O3S. The molecule has 1 saturated heterocycles. The number of anilines is 1. The molecule has 4 aromatic heterocycles. The summed E-state index contributed by atoms with van der Waals surface area (Å²) >= 11 is 0.987. The van der Waals surface area contributed by atoms with Crippen molar-refractivity contribution in [2.45, 2.75) is 6.04 Å². The van der Waals surface area contributed by atoms with E-state index in [4.69, 9.17) is 0 Å². The second kappa shape index (κ2) is 6.37. The molecule has 1 fully saturated rings. The maximum atomic E-state index is 14.8. The van der Waals surface area contributed by atoms with Gasteiger partial charge in [0.2, 0.25) is 10.6 Å². The van der Waals surface area contributed by atoms with Crippen LogP contribution in [0.25, 0.3) is 16.2 Å². The van der Waals surface area contributed by atoms with Gasteiger partial charge in [0.1, 0.15) is 17.9 Å². The van der Waals surface area contributed by atoms with Crippen LogP contribution in [0.1, 0.15) is 16.4 Å². The van der Waals surface area contributed by atoms with Crippen LogP contribution in [-0.2, 0) is 0 Å². The Morgan fingerprint density at radius 1 is 1.31 bits per heavy atom. The molecular weight excluding hydrogens is 405 g/mol. The number of tetrazole rings is 1. The Morgan fingerprint density at radius 2 is 2.14 bits per heavy atom. The van der Waals surface area contributed by atoms with E-state index in [-0.39, 0.29) is 22.9 Å². The molecule has 0 radical (unpaired) electrons. The number of carboxylic acid groups (broad SMARTS) is 1. The van der Waals surface area contributed by atoms with Crippen LogP contribution in [0.5, 0.6) is 0 Å². The highest BCUT2D eigenvalue weighted by molar-refractivity contribution is 7.08. The topological polar surface area (TPSA) is 145 Å². The van der Waals surface area contributed by atoms with E-state index >= 15 is 0 Å². The quantitative estimate of drug-likeness (QED) is 0.488. The molecule has 1 aliphatic rings. The van der Waals surface area contributed by atoms with Gasteiger partial charge in [-0.25, -0.2) is 19.2 Å². The summed E-state index contributed by atoms with van der Waals surface area (Å²) in [4.78, 5) is 35.5. The van der Waals surface area contributed by atoms with Crippen LogP contribution in [0.2, 0.25) is 0 Å². The lowest BCUT2D eigenvalue weighted by Crippen LogP contribution is -2.49. The summed E-state index contributed by atoms with van der Waals surface area (Å²) in [6, 6.07) is 0.930. The van der Waals surface area contributed by atoms with Gasteiger partial charge in [-0.3, -0.25) is 9.36 Å². The Labute approximate surface area is 164 Å². The van der Waals surface area contributed by atoms with Crippen molar-refractivity contribution in [1.29, 1.82) is 0 Å². The first-order chi connectivity index (χ1) is 14.0. The first-order valence-electron chi connectivity index (χ1n) is 8.26. The van der Waals surface area contributed by atoms with Gasteiger partial charge in [-0.05, 0) is 11.3 Å². The fraction of sp³-hybridized carbons (Fsp3) is 0.200. The highest BCUT2D eigenvalue weighted by Gasteiger charge is 2.33. The summed E-state index contributed by atoms with van der Waals surface area (Å²) in [5.74, 6) is -2.12. The van der Waals surface area contributed by atoms with Crippen LogP contribution >= 0.6 is 11.5 Å². The van der Waals surface area contributed by atoms with Crippen molar-refractivity contribution in [1.82, 2.24) is 39.1 Å². The molecule has 1 aliphatic heterocycles. The van der Waals surface area contributed by atoms with Gasteiger partial charge in [-0.1, -0.05) is 0 Å². The molecule has 0 aliphatic carbocycles. The lowest BCUT2D eigenvalue weighted by Gasteiger charge is -2.38. The van der Waals surface area contributed by atoms with Crippen molar-refractivity contribution in [2.24, 2.45) is 0 Å². The molecule has 4 aromatic rings. The van der Waals surface area contributed by atoms with Gasteiger partial charge < -0.3 is 10.0 Å². The minimum Gasteiger partial charge on any atom is -0.477 e. The van der Waals surface area contributed by atoms with E-state index in [1.54, 1.807) is 4.90 Å². The number of carboxylic acids is 1. The van der Waals surface area contributed by atoms with Crippen molar-refractivity contribution in [3.05, 3.63) is 46.5 Å². The standard InChI is InChI=1S/C15H10FN9O3S/c16-10-1-8-11(26)9(14(27)28)4-24(15-17-5-20-29-15)12(8)21-13(10)23-2-7(3-23)25-19-6-18-22-25/h1,4-7H,2-3H2,(H,27,28). The SMILES string of the molecule is O=C(O)c1cn(-c2ncns2)c2nc(N3CC(n4ncnn4)C3)c(F)cc2c1=O. The molecule has 5 rings (SSSR count). The Balaban J connectivity index is 1.64. The number of halogens is 1. The predicted octanol–water partition coefficient (Wildman–Crippen LogP) is 0.122. The molecule has 14 heteroatoms. The largest absolute Gasteiger partial charge is 0.477 e. The van der Waals surface area contributed by atoms with Crippen LogP contribution in [0.15, 0.2) is 29.7 Å². The smallest absolute Gasteiger partial charge is 0.341 e. The summed E-state index contributed by atoms with van der Waals surface area (Å²) in [6.07, 6.45) is 3.73. The number of aromatic nitrogens is 8. The Morgan fingerprint density at radius 3 is 2.79 bits per heavy atom. The molecule has 0 aromatic carbocycles. The lowest BCUT2D eigenvalue weighted by molar-refractivity contribution is 0.0695. The number of hydrogen-bond donors (Lipinski definition) is 1. The van der Waals surface area contributed by atoms with Gasteiger partial charge in [0.15, 0.2) is 23.6 Å². The first-order valence-corrected chi connectivity index (χ1v) is 9.04. The molecule has 0 spiro atoms. The minimum atomic E-state index is -1.43. The third-order valence-electron chi connectivity index (χ3n) is 4.55. The zero-order chi connectivity index (χ0) is 20.1. The van der Waals surface area contributed by atoms with E-state index < -0.39 is 22.8 Å². The van der Waals surface area contributed by atoms with E-state index in [0.717, 1.165) is 23.8 Å². The highest BCUT2D eigenvalue weighted by Crippen LogP contribution is 2.29. The molecule has 0 bridgehead atoms. The summed E-state index contributed by atoms with van der Waals surface area (Å²) in [5, 5.41) is 20.9. The normalized spacial score (nSPS) is 14.3. The number of carbonyl (C=O) groups is 1. The first kappa shape index (κ1) is 17.3. The van der Waals surface area contributed by atoms with Gasteiger partial charge in [-0.15, -0.1) is 10.2 Å². The zero-order valence-corrected chi connectivity index (χ0v) is 15.2. The minimum absolute atomic E-state index is 0.0367. The number of hydrogen-bond acceptors (Lipinski definition) is 10. The number of pyridine rings is 2.